The molecule has 0 aliphatic carbocycles. The SMILES string of the molecule is COc1ccc(OC)c(NCc2cc(C(=O)O)c(C)o2)c1. The van der Waals surface area contributed by atoms with Crippen molar-refractivity contribution in [1.82, 2.24) is 0 Å². The number of rotatable bonds is 6. The van der Waals surface area contributed by atoms with E-state index in [2.05, 4.69) is 5.32 Å². The average Bonchev–Trinajstić information content (AvgIpc) is 2.86. The second kappa shape index (κ2) is 6.21. The Morgan fingerprint density at radius 2 is 2.05 bits per heavy atom. The van der Waals surface area contributed by atoms with E-state index in [9.17, 15) is 4.79 Å². The van der Waals surface area contributed by atoms with Gasteiger partial charge in [-0.3, -0.25) is 0 Å². The third-order valence-corrected chi connectivity index (χ3v) is 3.06. The Morgan fingerprint density at radius 3 is 2.62 bits per heavy atom. The Hall–Kier alpha value is -2.63. The van der Waals surface area contributed by atoms with Gasteiger partial charge in [-0.15, -0.1) is 0 Å². The molecule has 1 aromatic carbocycles. The van der Waals surface area contributed by atoms with Crippen molar-refractivity contribution >= 4 is 11.7 Å². The van der Waals surface area contributed by atoms with Gasteiger partial charge in [-0.2, -0.15) is 0 Å². The largest absolute Gasteiger partial charge is 0.497 e. The maximum atomic E-state index is 11.0. The number of carboxylic acid groups (broad SMARTS) is 1. The highest BCUT2D eigenvalue weighted by atomic mass is 16.5. The number of aromatic carboxylic acids is 1. The highest BCUT2D eigenvalue weighted by Crippen LogP contribution is 2.29. The molecule has 21 heavy (non-hydrogen) atoms. The van der Waals surface area contributed by atoms with Gasteiger partial charge in [0.2, 0.25) is 0 Å². The lowest BCUT2D eigenvalue weighted by atomic mass is 10.2. The normalized spacial score (nSPS) is 10.2. The fourth-order valence-electron chi connectivity index (χ4n) is 1.98. The van der Waals surface area contributed by atoms with Crippen LogP contribution in [0.5, 0.6) is 11.5 Å². The fourth-order valence-corrected chi connectivity index (χ4v) is 1.98. The highest BCUT2D eigenvalue weighted by Gasteiger charge is 2.14. The average molecular weight is 291 g/mol. The van der Waals surface area contributed by atoms with Gasteiger partial charge in [0.05, 0.1) is 26.5 Å². The van der Waals surface area contributed by atoms with E-state index >= 15 is 0 Å². The van der Waals surface area contributed by atoms with Gasteiger partial charge in [0.25, 0.3) is 0 Å². The molecule has 2 rings (SSSR count). The Morgan fingerprint density at radius 1 is 1.29 bits per heavy atom. The molecular formula is C15H17NO5. The first-order chi connectivity index (χ1) is 10.0. The molecule has 0 atom stereocenters. The molecule has 0 fully saturated rings. The van der Waals surface area contributed by atoms with Gasteiger partial charge < -0.3 is 24.3 Å². The minimum atomic E-state index is -0.999. The van der Waals surface area contributed by atoms with Crippen molar-refractivity contribution in [3.63, 3.8) is 0 Å². The summed E-state index contributed by atoms with van der Waals surface area (Å²) in [5.74, 6) is 1.28. The molecule has 2 aromatic rings. The predicted octanol–water partition coefficient (Wildman–Crippen LogP) is 2.92. The Bertz CT molecular complexity index is 648. The van der Waals surface area contributed by atoms with Gasteiger partial charge in [-0.25, -0.2) is 4.79 Å². The molecule has 0 radical (unpaired) electrons. The highest BCUT2D eigenvalue weighted by molar-refractivity contribution is 5.88. The maximum Gasteiger partial charge on any atom is 0.339 e. The van der Waals surface area contributed by atoms with Crippen LogP contribution in [-0.4, -0.2) is 25.3 Å². The van der Waals surface area contributed by atoms with E-state index in [1.165, 1.54) is 6.07 Å². The van der Waals surface area contributed by atoms with Crippen molar-refractivity contribution in [2.24, 2.45) is 0 Å². The Labute approximate surface area is 122 Å². The lowest BCUT2D eigenvalue weighted by molar-refractivity contribution is 0.0695. The number of ether oxygens (including phenoxy) is 2. The van der Waals surface area contributed by atoms with Crippen molar-refractivity contribution in [1.29, 1.82) is 0 Å². The summed E-state index contributed by atoms with van der Waals surface area (Å²) in [6, 6.07) is 6.89. The molecule has 0 bridgehead atoms. The number of benzene rings is 1. The maximum absolute atomic E-state index is 11.0. The summed E-state index contributed by atoms with van der Waals surface area (Å²) in [5.41, 5.74) is 0.909. The smallest absolute Gasteiger partial charge is 0.339 e. The van der Waals surface area contributed by atoms with Crippen molar-refractivity contribution in [2.45, 2.75) is 13.5 Å². The zero-order chi connectivity index (χ0) is 15.4. The van der Waals surface area contributed by atoms with Crippen LogP contribution in [0.3, 0.4) is 0 Å². The first-order valence-electron chi connectivity index (χ1n) is 6.33. The van der Waals surface area contributed by atoms with Crippen molar-refractivity contribution in [3.8, 4) is 11.5 Å². The molecule has 0 amide bonds. The van der Waals surface area contributed by atoms with Crippen LogP contribution in [0.2, 0.25) is 0 Å². The molecule has 6 heteroatoms. The molecule has 0 unspecified atom stereocenters. The number of anilines is 1. The van der Waals surface area contributed by atoms with Gasteiger partial charge >= 0.3 is 5.97 Å². The monoisotopic (exact) mass is 291 g/mol. The van der Waals surface area contributed by atoms with Crippen molar-refractivity contribution in [2.75, 3.05) is 19.5 Å². The summed E-state index contributed by atoms with van der Waals surface area (Å²) in [6.45, 7) is 1.97. The van der Waals surface area contributed by atoms with E-state index in [-0.39, 0.29) is 5.56 Å². The van der Waals surface area contributed by atoms with Gasteiger partial charge in [-0.05, 0) is 25.1 Å². The minimum absolute atomic E-state index is 0.171. The van der Waals surface area contributed by atoms with Gasteiger partial charge in [0, 0.05) is 6.07 Å². The quantitative estimate of drug-likeness (QED) is 0.851. The molecule has 1 aromatic heterocycles. The van der Waals surface area contributed by atoms with E-state index in [0.717, 1.165) is 5.69 Å². The third kappa shape index (κ3) is 3.28. The first-order valence-corrected chi connectivity index (χ1v) is 6.33. The number of carbonyl (C=O) groups is 1. The number of methoxy groups -OCH3 is 2. The number of hydrogen-bond acceptors (Lipinski definition) is 5. The molecule has 0 saturated carbocycles. The summed E-state index contributed by atoms with van der Waals surface area (Å²) in [7, 11) is 3.16. The molecule has 0 aliphatic rings. The van der Waals surface area contributed by atoms with E-state index in [4.69, 9.17) is 19.0 Å². The van der Waals surface area contributed by atoms with Crippen LogP contribution in [0.25, 0.3) is 0 Å². The van der Waals surface area contributed by atoms with E-state index in [1.807, 2.05) is 0 Å². The predicted molar refractivity (Wildman–Crippen MR) is 77.3 cm³/mol. The molecule has 112 valence electrons. The molecule has 1 heterocycles. The zero-order valence-electron chi connectivity index (χ0n) is 12.1. The summed E-state index contributed by atoms with van der Waals surface area (Å²) >= 11 is 0. The van der Waals surface area contributed by atoms with Crippen molar-refractivity contribution < 1.29 is 23.8 Å². The van der Waals surface area contributed by atoms with Crippen LogP contribution in [0.15, 0.2) is 28.7 Å². The Kier molecular flexibility index (Phi) is 4.37. The second-order valence-electron chi connectivity index (χ2n) is 4.41. The van der Waals surface area contributed by atoms with Crippen LogP contribution >= 0.6 is 0 Å². The minimum Gasteiger partial charge on any atom is -0.497 e. The lowest BCUT2D eigenvalue weighted by Crippen LogP contribution is -2.01. The Balaban J connectivity index is 2.15. The summed E-state index contributed by atoms with van der Waals surface area (Å²) in [5, 5.41) is 12.1. The molecule has 0 saturated heterocycles. The summed E-state index contributed by atoms with van der Waals surface area (Å²) in [6.07, 6.45) is 0. The van der Waals surface area contributed by atoms with Crippen LogP contribution < -0.4 is 14.8 Å². The third-order valence-electron chi connectivity index (χ3n) is 3.06. The zero-order valence-corrected chi connectivity index (χ0v) is 12.1. The second-order valence-corrected chi connectivity index (χ2v) is 4.41. The molecule has 6 nitrogen and oxygen atoms in total. The van der Waals surface area contributed by atoms with Crippen LogP contribution in [0.1, 0.15) is 21.9 Å². The summed E-state index contributed by atoms with van der Waals surface area (Å²) < 4.78 is 15.8. The number of nitrogens with one attached hydrogen (secondary N) is 1. The van der Waals surface area contributed by atoms with Gasteiger partial charge in [0.15, 0.2) is 0 Å². The number of furan rings is 1. The first kappa shape index (κ1) is 14.8. The van der Waals surface area contributed by atoms with Crippen molar-refractivity contribution in [3.05, 3.63) is 41.3 Å². The number of carboxylic acids is 1. The lowest BCUT2D eigenvalue weighted by Gasteiger charge is -2.11. The molecule has 0 aliphatic heterocycles. The molecular weight excluding hydrogens is 274 g/mol. The van der Waals surface area contributed by atoms with Gasteiger partial charge in [0.1, 0.15) is 28.6 Å². The number of hydrogen-bond donors (Lipinski definition) is 2. The van der Waals surface area contributed by atoms with Gasteiger partial charge in [-0.1, -0.05) is 0 Å². The molecule has 2 N–H and O–H groups in total. The van der Waals surface area contributed by atoms with E-state index in [0.29, 0.717) is 29.6 Å². The topological polar surface area (TPSA) is 80.9 Å². The van der Waals surface area contributed by atoms with Crippen LogP contribution in [0, 0.1) is 6.92 Å². The van der Waals surface area contributed by atoms with Crippen LogP contribution in [0.4, 0.5) is 5.69 Å². The van der Waals surface area contributed by atoms with E-state index in [1.54, 1.807) is 39.3 Å². The van der Waals surface area contributed by atoms with E-state index < -0.39 is 5.97 Å². The van der Waals surface area contributed by atoms with Crippen LogP contribution in [-0.2, 0) is 6.54 Å². The fraction of sp³-hybridized carbons (Fsp3) is 0.267. The standard InChI is InChI=1S/C15H17NO5/c1-9-12(15(17)18)6-11(21-9)8-16-13-7-10(19-2)4-5-14(13)20-3/h4-7,16H,8H2,1-3H3,(H,17,18). The molecule has 0 spiro atoms. The summed E-state index contributed by atoms with van der Waals surface area (Å²) in [4.78, 5) is 11.0. The number of aryl methyl sites for hydroxylation is 1.